The van der Waals surface area contributed by atoms with Gasteiger partial charge in [-0.2, -0.15) is 0 Å². The number of hydrogen-bond donors (Lipinski definition) is 1. The molecule has 1 unspecified atom stereocenters. The molecule has 6 nitrogen and oxygen atoms in total. The number of para-hydroxylation sites is 1. The fourth-order valence-electron chi connectivity index (χ4n) is 3.53. The number of rotatable bonds is 3. The van der Waals surface area contributed by atoms with Crippen molar-refractivity contribution in [3.05, 3.63) is 48.4 Å². The molecule has 2 aliphatic heterocycles. The Labute approximate surface area is 147 Å². The third kappa shape index (κ3) is 3.57. The van der Waals surface area contributed by atoms with Gasteiger partial charge in [-0.05, 0) is 43.4 Å². The van der Waals surface area contributed by atoms with Crippen molar-refractivity contribution in [2.75, 3.05) is 18.4 Å². The summed E-state index contributed by atoms with van der Waals surface area (Å²) >= 11 is 0. The first-order chi connectivity index (χ1) is 12.3. The maximum Gasteiger partial charge on any atom is 0.263 e. The molecule has 2 aliphatic rings. The van der Waals surface area contributed by atoms with Crippen molar-refractivity contribution in [1.82, 2.24) is 14.9 Å². The second-order valence-corrected chi connectivity index (χ2v) is 6.59. The van der Waals surface area contributed by atoms with Crippen LogP contribution in [0.5, 0.6) is 5.75 Å². The Balaban J connectivity index is 1.31. The number of carbonyl (C=O) groups is 1. The molecule has 130 valence electrons. The number of piperidine rings is 1. The molecule has 1 N–H and O–H groups in total. The van der Waals surface area contributed by atoms with Crippen LogP contribution in [0.2, 0.25) is 0 Å². The highest BCUT2D eigenvalue weighted by atomic mass is 16.5. The molecule has 0 radical (unpaired) electrons. The number of aryl methyl sites for hydroxylation is 1. The first-order valence-corrected chi connectivity index (χ1v) is 8.85. The fraction of sp³-hybridized carbons (Fsp3) is 0.421. The van der Waals surface area contributed by atoms with Gasteiger partial charge in [0.25, 0.3) is 5.91 Å². The quantitative estimate of drug-likeness (QED) is 0.930. The van der Waals surface area contributed by atoms with Gasteiger partial charge in [-0.3, -0.25) is 4.79 Å². The molecule has 25 heavy (non-hydrogen) atoms. The average molecular weight is 338 g/mol. The van der Waals surface area contributed by atoms with Crippen LogP contribution in [0.4, 0.5) is 5.82 Å². The highest BCUT2D eigenvalue weighted by Crippen LogP contribution is 2.28. The van der Waals surface area contributed by atoms with Crippen molar-refractivity contribution in [2.24, 2.45) is 0 Å². The van der Waals surface area contributed by atoms with E-state index in [1.54, 1.807) is 12.5 Å². The van der Waals surface area contributed by atoms with Crippen LogP contribution in [-0.4, -0.2) is 46.0 Å². The number of carbonyl (C=O) groups excluding carboxylic acids is 1. The summed E-state index contributed by atoms with van der Waals surface area (Å²) in [6.07, 6.45) is 6.41. The van der Waals surface area contributed by atoms with Crippen molar-refractivity contribution in [3.63, 3.8) is 0 Å². The second kappa shape index (κ2) is 7.09. The summed E-state index contributed by atoms with van der Waals surface area (Å²) in [6.45, 7) is 1.51. The van der Waals surface area contributed by atoms with E-state index in [1.165, 1.54) is 5.56 Å². The first-order valence-electron chi connectivity index (χ1n) is 8.85. The number of likely N-dealkylation sites (tertiary alicyclic amines) is 1. The number of anilines is 1. The number of fused-ring (bicyclic) bond motifs is 1. The Kier molecular flexibility index (Phi) is 4.50. The molecule has 1 aromatic carbocycles. The lowest BCUT2D eigenvalue weighted by molar-refractivity contribution is -0.140. The van der Waals surface area contributed by atoms with Gasteiger partial charge >= 0.3 is 0 Å². The Bertz CT molecular complexity index is 729. The normalized spacial score (nSPS) is 20.5. The van der Waals surface area contributed by atoms with Gasteiger partial charge in [0.05, 0.1) is 0 Å². The minimum atomic E-state index is -0.346. The standard InChI is InChI=1S/C19H22N4O2/c24-19(17-6-5-14-3-1-2-4-16(14)25-17)23-11-8-15(9-12-23)22-18-7-10-20-13-21-18/h1-4,7,10,13,15,17H,5-6,8-9,11-12H2,(H,20,21,22). The molecule has 3 heterocycles. The van der Waals surface area contributed by atoms with Crippen molar-refractivity contribution in [3.8, 4) is 5.75 Å². The third-order valence-electron chi connectivity index (χ3n) is 4.93. The minimum absolute atomic E-state index is 0.120. The molecular formula is C19H22N4O2. The van der Waals surface area contributed by atoms with Gasteiger partial charge in [-0.15, -0.1) is 0 Å². The van der Waals surface area contributed by atoms with Crippen molar-refractivity contribution < 1.29 is 9.53 Å². The lowest BCUT2D eigenvalue weighted by Crippen LogP contribution is -2.48. The largest absolute Gasteiger partial charge is 0.480 e. The predicted molar refractivity (Wildman–Crippen MR) is 94.4 cm³/mol. The SMILES string of the molecule is O=C(C1CCc2ccccc2O1)N1CCC(Nc2ccncn2)CC1. The van der Waals surface area contributed by atoms with Crippen LogP contribution in [0.3, 0.4) is 0 Å². The second-order valence-electron chi connectivity index (χ2n) is 6.59. The molecule has 0 spiro atoms. The molecule has 1 atom stereocenters. The van der Waals surface area contributed by atoms with Crippen LogP contribution in [0, 0.1) is 0 Å². The molecule has 1 aromatic heterocycles. The van der Waals surface area contributed by atoms with Crippen LogP contribution in [0.25, 0.3) is 0 Å². The van der Waals surface area contributed by atoms with Gasteiger partial charge in [-0.1, -0.05) is 18.2 Å². The van der Waals surface area contributed by atoms with Crippen molar-refractivity contribution in [2.45, 2.75) is 37.8 Å². The van der Waals surface area contributed by atoms with E-state index in [0.29, 0.717) is 6.04 Å². The number of hydrogen-bond acceptors (Lipinski definition) is 5. The summed E-state index contributed by atoms with van der Waals surface area (Å²) in [4.78, 5) is 22.9. The highest BCUT2D eigenvalue weighted by molar-refractivity contribution is 5.81. The fourth-order valence-corrected chi connectivity index (χ4v) is 3.53. The summed E-state index contributed by atoms with van der Waals surface area (Å²) in [5.74, 6) is 1.81. The molecule has 4 rings (SSSR count). The van der Waals surface area contributed by atoms with E-state index in [1.807, 2.05) is 29.2 Å². The maximum atomic E-state index is 12.8. The molecule has 0 aliphatic carbocycles. The summed E-state index contributed by atoms with van der Waals surface area (Å²) in [7, 11) is 0. The van der Waals surface area contributed by atoms with E-state index in [9.17, 15) is 4.79 Å². The van der Waals surface area contributed by atoms with E-state index < -0.39 is 0 Å². The molecule has 6 heteroatoms. The number of ether oxygens (including phenoxy) is 1. The molecule has 1 saturated heterocycles. The zero-order valence-corrected chi connectivity index (χ0v) is 14.1. The smallest absolute Gasteiger partial charge is 0.263 e. The van der Waals surface area contributed by atoms with E-state index in [4.69, 9.17) is 4.74 Å². The lowest BCUT2D eigenvalue weighted by atomic mass is 10.00. The van der Waals surface area contributed by atoms with Gasteiger partial charge in [0.2, 0.25) is 0 Å². The monoisotopic (exact) mass is 338 g/mol. The van der Waals surface area contributed by atoms with E-state index in [2.05, 4.69) is 21.4 Å². The summed E-state index contributed by atoms with van der Waals surface area (Å²) < 4.78 is 5.95. The van der Waals surface area contributed by atoms with Crippen LogP contribution in [0.1, 0.15) is 24.8 Å². The van der Waals surface area contributed by atoms with E-state index >= 15 is 0 Å². The highest BCUT2D eigenvalue weighted by Gasteiger charge is 2.32. The van der Waals surface area contributed by atoms with Gasteiger partial charge in [0.1, 0.15) is 17.9 Å². The minimum Gasteiger partial charge on any atom is -0.480 e. The lowest BCUT2D eigenvalue weighted by Gasteiger charge is -2.35. The Hall–Kier alpha value is -2.63. The molecule has 2 aromatic rings. The van der Waals surface area contributed by atoms with Gasteiger partial charge in [-0.25, -0.2) is 9.97 Å². The van der Waals surface area contributed by atoms with Gasteiger partial charge in [0.15, 0.2) is 6.10 Å². The maximum absolute atomic E-state index is 12.8. The van der Waals surface area contributed by atoms with E-state index in [-0.39, 0.29) is 12.0 Å². The Morgan fingerprint density at radius 2 is 2.00 bits per heavy atom. The average Bonchev–Trinajstić information content (AvgIpc) is 2.68. The van der Waals surface area contributed by atoms with Crippen molar-refractivity contribution >= 4 is 11.7 Å². The van der Waals surface area contributed by atoms with Crippen molar-refractivity contribution in [1.29, 1.82) is 0 Å². The van der Waals surface area contributed by atoms with Gasteiger partial charge in [0, 0.05) is 25.3 Å². The summed E-state index contributed by atoms with van der Waals surface area (Å²) in [6, 6.07) is 10.2. The van der Waals surface area contributed by atoms with Crippen LogP contribution < -0.4 is 10.1 Å². The van der Waals surface area contributed by atoms with Crippen LogP contribution >= 0.6 is 0 Å². The molecule has 0 bridgehead atoms. The molecule has 1 amide bonds. The molecule has 1 fully saturated rings. The topological polar surface area (TPSA) is 67.3 Å². The van der Waals surface area contributed by atoms with Crippen LogP contribution in [-0.2, 0) is 11.2 Å². The van der Waals surface area contributed by atoms with Crippen LogP contribution in [0.15, 0.2) is 42.9 Å². The predicted octanol–water partition coefficient (Wildman–Crippen LogP) is 2.27. The molecular weight excluding hydrogens is 316 g/mol. The number of nitrogens with one attached hydrogen (secondary N) is 1. The summed E-state index contributed by atoms with van der Waals surface area (Å²) in [5.41, 5.74) is 1.19. The zero-order chi connectivity index (χ0) is 17.1. The number of benzene rings is 1. The van der Waals surface area contributed by atoms with E-state index in [0.717, 1.165) is 50.3 Å². The number of aromatic nitrogens is 2. The number of nitrogens with zero attached hydrogens (tertiary/aromatic N) is 3. The first kappa shape index (κ1) is 15.9. The number of amides is 1. The zero-order valence-electron chi connectivity index (χ0n) is 14.1. The third-order valence-corrected chi connectivity index (χ3v) is 4.93. The van der Waals surface area contributed by atoms with Gasteiger partial charge < -0.3 is 15.0 Å². The Morgan fingerprint density at radius 3 is 2.80 bits per heavy atom. The molecule has 0 saturated carbocycles. The summed E-state index contributed by atoms with van der Waals surface area (Å²) in [5, 5.41) is 3.41. The Morgan fingerprint density at radius 1 is 1.16 bits per heavy atom.